The van der Waals surface area contributed by atoms with Gasteiger partial charge in [0.15, 0.2) is 5.96 Å². The van der Waals surface area contributed by atoms with Crippen LogP contribution in [0.2, 0.25) is 0 Å². The van der Waals surface area contributed by atoms with Crippen molar-refractivity contribution in [3.63, 3.8) is 0 Å². The number of nitrogens with two attached hydrogens (primary N) is 1. The molecule has 142 valence electrons. The third-order valence-electron chi connectivity index (χ3n) is 4.35. The van der Waals surface area contributed by atoms with E-state index in [1.54, 1.807) is 12.1 Å². The van der Waals surface area contributed by atoms with E-state index in [1.165, 1.54) is 32.1 Å². The van der Waals surface area contributed by atoms with Crippen LogP contribution in [0.5, 0.6) is 0 Å². The molecule has 2 rings (SSSR count). The molecule has 0 spiro atoms. The zero-order chi connectivity index (χ0) is 18.8. The van der Waals surface area contributed by atoms with E-state index >= 15 is 0 Å². The summed E-state index contributed by atoms with van der Waals surface area (Å²) in [6, 6.07) is 7.68. The first kappa shape index (κ1) is 19.8. The van der Waals surface area contributed by atoms with Crippen LogP contribution in [0.25, 0.3) is 0 Å². The second-order valence-electron chi connectivity index (χ2n) is 6.52. The summed E-state index contributed by atoms with van der Waals surface area (Å²) in [6.45, 7) is 3.24. The van der Waals surface area contributed by atoms with Gasteiger partial charge in [-0.15, -0.1) is 0 Å². The smallest absolute Gasteiger partial charge is 0.251 e. The Labute approximate surface area is 154 Å². The second-order valence-corrected chi connectivity index (χ2v) is 6.52. The van der Waals surface area contributed by atoms with Gasteiger partial charge < -0.3 is 21.7 Å². The van der Waals surface area contributed by atoms with E-state index in [1.807, 2.05) is 12.1 Å². The summed E-state index contributed by atoms with van der Waals surface area (Å²) >= 11 is 0. The van der Waals surface area contributed by atoms with Gasteiger partial charge >= 0.3 is 0 Å². The van der Waals surface area contributed by atoms with E-state index in [0.717, 1.165) is 18.1 Å². The summed E-state index contributed by atoms with van der Waals surface area (Å²) in [4.78, 5) is 27.2. The van der Waals surface area contributed by atoms with Gasteiger partial charge in [0.25, 0.3) is 5.91 Å². The van der Waals surface area contributed by atoms with Gasteiger partial charge in [0.05, 0.1) is 13.1 Å². The molecule has 7 nitrogen and oxygen atoms in total. The predicted octanol–water partition coefficient (Wildman–Crippen LogP) is 1.29. The van der Waals surface area contributed by atoms with Crippen molar-refractivity contribution >= 4 is 17.8 Å². The molecule has 26 heavy (non-hydrogen) atoms. The number of hydrogen-bond acceptors (Lipinski definition) is 3. The number of aliphatic imine (C=N–C) groups is 1. The van der Waals surface area contributed by atoms with Crippen LogP contribution < -0.4 is 21.7 Å². The van der Waals surface area contributed by atoms with Crippen molar-refractivity contribution in [1.82, 2.24) is 16.0 Å². The fourth-order valence-corrected chi connectivity index (χ4v) is 2.96. The highest BCUT2D eigenvalue weighted by molar-refractivity contribution is 5.96. The molecule has 0 heterocycles. The van der Waals surface area contributed by atoms with Gasteiger partial charge in [-0.05, 0) is 37.5 Å². The van der Waals surface area contributed by atoms with E-state index in [4.69, 9.17) is 5.73 Å². The van der Waals surface area contributed by atoms with Crippen LogP contribution in [0.1, 0.15) is 54.9 Å². The lowest BCUT2D eigenvalue weighted by atomic mass is 9.96. The third kappa shape index (κ3) is 6.74. The highest BCUT2D eigenvalue weighted by atomic mass is 16.2. The van der Waals surface area contributed by atoms with Gasteiger partial charge in [0.2, 0.25) is 5.91 Å². The summed E-state index contributed by atoms with van der Waals surface area (Å²) in [6.07, 6.45) is 6.26. The molecule has 5 N–H and O–H groups in total. The van der Waals surface area contributed by atoms with E-state index in [0.29, 0.717) is 18.2 Å². The van der Waals surface area contributed by atoms with E-state index < -0.39 is 5.91 Å². The Kier molecular flexibility index (Phi) is 7.92. The van der Waals surface area contributed by atoms with Crippen LogP contribution in [-0.2, 0) is 11.3 Å². The Morgan fingerprint density at radius 2 is 1.81 bits per heavy atom. The van der Waals surface area contributed by atoms with Crippen molar-refractivity contribution in [2.75, 3.05) is 13.1 Å². The lowest BCUT2D eigenvalue weighted by molar-refractivity contribution is -0.117. The number of primary amides is 1. The zero-order valence-electron chi connectivity index (χ0n) is 15.4. The van der Waals surface area contributed by atoms with Crippen LogP contribution in [0.15, 0.2) is 29.3 Å². The molecule has 0 radical (unpaired) electrons. The quantitative estimate of drug-likeness (QED) is 0.434. The number of carbonyl (C=O) groups is 2. The summed E-state index contributed by atoms with van der Waals surface area (Å²) in [7, 11) is 0. The molecule has 0 saturated heterocycles. The molecule has 0 aliphatic heterocycles. The van der Waals surface area contributed by atoms with Crippen molar-refractivity contribution in [2.24, 2.45) is 10.7 Å². The monoisotopic (exact) mass is 359 g/mol. The molecular weight excluding hydrogens is 330 g/mol. The standard InChI is InChI=1S/C19H29N5O2/c1-2-21-19(24-16-6-4-3-5-7-16)23-12-14-8-10-15(11-9-14)18(26)22-13-17(20)25/h8-11,16H,2-7,12-13H2,1H3,(H2,20,25)(H,22,26)(H2,21,23,24). The van der Waals surface area contributed by atoms with Crippen LogP contribution in [0, 0.1) is 0 Å². The van der Waals surface area contributed by atoms with Crippen molar-refractivity contribution in [2.45, 2.75) is 51.6 Å². The number of carbonyl (C=O) groups excluding carboxylic acids is 2. The number of hydrogen-bond donors (Lipinski definition) is 4. The largest absolute Gasteiger partial charge is 0.368 e. The summed E-state index contributed by atoms with van der Waals surface area (Å²) < 4.78 is 0. The second kappa shape index (κ2) is 10.4. The van der Waals surface area contributed by atoms with Gasteiger partial charge in [-0.2, -0.15) is 0 Å². The Morgan fingerprint density at radius 3 is 2.42 bits per heavy atom. The van der Waals surface area contributed by atoms with Crippen LogP contribution in [0.4, 0.5) is 0 Å². The number of rotatable bonds is 7. The molecule has 1 saturated carbocycles. The molecule has 1 fully saturated rings. The van der Waals surface area contributed by atoms with E-state index in [9.17, 15) is 9.59 Å². The van der Waals surface area contributed by atoms with Crippen LogP contribution in [0.3, 0.4) is 0 Å². The van der Waals surface area contributed by atoms with Gasteiger partial charge in [-0.25, -0.2) is 4.99 Å². The molecule has 1 aromatic carbocycles. The molecule has 1 aromatic rings. The maximum atomic E-state index is 11.9. The average molecular weight is 359 g/mol. The minimum atomic E-state index is -0.564. The van der Waals surface area contributed by atoms with Gasteiger partial charge in [-0.3, -0.25) is 9.59 Å². The highest BCUT2D eigenvalue weighted by Crippen LogP contribution is 2.17. The minimum absolute atomic E-state index is 0.163. The SMILES string of the molecule is CCNC(=NCc1ccc(C(=O)NCC(N)=O)cc1)NC1CCCCC1. The van der Waals surface area contributed by atoms with Crippen molar-refractivity contribution in [3.05, 3.63) is 35.4 Å². The van der Waals surface area contributed by atoms with E-state index in [2.05, 4.69) is 27.9 Å². The molecule has 2 amide bonds. The normalized spacial score (nSPS) is 15.3. The summed E-state index contributed by atoms with van der Waals surface area (Å²) in [5.41, 5.74) is 6.53. The minimum Gasteiger partial charge on any atom is -0.368 e. The fourth-order valence-electron chi connectivity index (χ4n) is 2.96. The molecule has 1 aliphatic rings. The molecule has 0 bridgehead atoms. The van der Waals surface area contributed by atoms with Crippen LogP contribution in [-0.4, -0.2) is 36.9 Å². The summed E-state index contributed by atoms with van der Waals surface area (Å²) in [5.74, 6) is -0.0421. The highest BCUT2D eigenvalue weighted by Gasteiger charge is 2.14. The first-order chi connectivity index (χ1) is 12.6. The van der Waals surface area contributed by atoms with Crippen molar-refractivity contribution in [1.29, 1.82) is 0 Å². The van der Waals surface area contributed by atoms with Crippen molar-refractivity contribution in [3.8, 4) is 0 Å². The Hall–Kier alpha value is -2.57. The first-order valence-corrected chi connectivity index (χ1v) is 9.28. The van der Waals surface area contributed by atoms with Gasteiger partial charge in [0, 0.05) is 18.2 Å². The predicted molar refractivity (Wildman–Crippen MR) is 103 cm³/mol. The molecule has 0 unspecified atom stereocenters. The lowest BCUT2D eigenvalue weighted by Crippen LogP contribution is -2.44. The number of guanidine groups is 1. The number of nitrogens with one attached hydrogen (secondary N) is 3. The van der Waals surface area contributed by atoms with Gasteiger partial charge in [-0.1, -0.05) is 31.4 Å². The first-order valence-electron chi connectivity index (χ1n) is 9.28. The lowest BCUT2D eigenvalue weighted by Gasteiger charge is -2.24. The Morgan fingerprint density at radius 1 is 1.12 bits per heavy atom. The maximum Gasteiger partial charge on any atom is 0.251 e. The van der Waals surface area contributed by atoms with Crippen molar-refractivity contribution < 1.29 is 9.59 Å². The maximum absolute atomic E-state index is 11.9. The topological polar surface area (TPSA) is 109 Å². The number of amides is 2. The molecule has 0 atom stereocenters. The number of benzene rings is 1. The Bertz CT molecular complexity index is 621. The zero-order valence-corrected chi connectivity index (χ0v) is 15.4. The number of nitrogens with zero attached hydrogens (tertiary/aromatic N) is 1. The summed E-state index contributed by atoms with van der Waals surface area (Å²) in [5, 5.41) is 9.27. The molecule has 1 aliphatic carbocycles. The van der Waals surface area contributed by atoms with E-state index in [-0.39, 0.29) is 12.5 Å². The van der Waals surface area contributed by atoms with Gasteiger partial charge in [0.1, 0.15) is 0 Å². The third-order valence-corrected chi connectivity index (χ3v) is 4.35. The molecule has 7 heteroatoms. The molecular formula is C19H29N5O2. The fraction of sp³-hybridized carbons (Fsp3) is 0.526. The average Bonchev–Trinajstić information content (AvgIpc) is 2.65. The van der Waals surface area contributed by atoms with Crippen LogP contribution >= 0.6 is 0 Å². The Balaban J connectivity index is 1.91. The molecule has 0 aromatic heterocycles.